The van der Waals surface area contributed by atoms with Crippen LogP contribution in [-0.2, 0) is 27.2 Å². The zero-order chi connectivity index (χ0) is 22.4. The highest BCUT2D eigenvalue weighted by Gasteiger charge is 2.26. The molecule has 0 aromatic heterocycles. The van der Waals surface area contributed by atoms with Gasteiger partial charge in [0.2, 0.25) is 0 Å². The standard InChI is InChI=1S/C18H18O10P2/c1-25-29(21,22)27-17(19)15-7-3-5-13(11-15)9-10-14-6-4-8-16(12-14)18(20)28-30(23,24)26-2/h3-12H,1-2H3,(H,21,22)(H,23,24)/b10-9+. The molecule has 0 saturated carbocycles. The van der Waals surface area contributed by atoms with Crippen LogP contribution in [0.25, 0.3) is 12.2 Å². The van der Waals surface area contributed by atoms with Crippen LogP contribution in [0.1, 0.15) is 31.8 Å². The van der Waals surface area contributed by atoms with Crippen LogP contribution in [-0.4, -0.2) is 35.9 Å². The SMILES string of the molecule is COP(=O)(O)OC(=O)c1cccc(/C=C/c2cccc(C(=O)OP(=O)(O)OC)c2)c1. The number of benzene rings is 2. The monoisotopic (exact) mass is 456 g/mol. The summed E-state index contributed by atoms with van der Waals surface area (Å²) in [5.41, 5.74) is 1.17. The van der Waals surface area contributed by atoms with E-state index in [4.69, 9.17) is 0 Å². The van der Waals surface area contributed by atoms with Crippen molar-refractivity contribution < 1.29 is 46.6 Å². The van der Waals surface area contributed by atoms with Gasteiger partial charge >= 0.3 is 27.6 Å². The van der Waals surface area contributed by atoms with E-state index >= 15 is 0 Å². The van der Waals surface area contributed by atoms with Crippen LogP contribution < -0.4 is 0 Å². The Hall–Kier alpha value is -2.58. The van der Waals surface area contributed by atoms with Crippen LogP contribution in [0, 0.1) is 0 Å². The Morgan fingerprint density at radius 3 is 1.47 bits per heavy atom. The molecule has 0 aliphatic carbocycles. The first kappa shape index (κ1) is 23.7. The van der Waals surface area contributed by atoms with E-state index in [1.807, 2.05) is 0 Å². The van der Waals surface area contributed by atoms with Gasteiger partial charge in [-0.2, -0.15) is 0 Å². The fourth-order valence-electron chi connectivity index (χ4n) is 2.12. The Kier molecular flexibility index (Phi) is 7.86. The lowest BCUT2D eigenvalue weighted by Gasteiger charge is -2.09. The molecular formula is C18H18O10P2. The number of phosphoric acid groups is 2. The molecule has 2 atom stereocenters. The number of hydrogen-bond donors (Lipinski definition) is 2. The first-order chi connectivity index (χ1) is 14.0. The van der Waals surface area contributed by atoms with E-state index in [-0.39, 0.29) is 11.1 Å². The second-order valence-corrected chi connectivity index (χ2v) is 8.61. The minimum absolute atomic E-state index is 0.0269. The van der Waals surface area contributed by atoms with Crippen molar-refractivity contribution in [1.29, 1.82) is 0 Å². The average molecular weight is 456 g/mol. The summed E-state index contributed by atoms with van der Waals surface area (Å²) < 4.78 is 39.9. The molecule has 0 aliphatic rings. The number of hydrogen-bond acceptors (Lipinski definition) is 8. The van der Waals surface area contributed by atoms with Gasteiger partial charge < -0.3 is 9.05 Å². The van der Waals surface area contributed by atoms with Gasteiger partial charge in [-0.3, -0.25) is 18.8 Å². The zero-order valence-electron chi connectivity index (χ0n) is 15.8. The van der Waals surface area contributed by atoms with E-state index in [1.165, 1.54) is 24.3 Å². The highest BCUT2D eigenvalue weighted by Crippen LogP contribution is 2.43. The third kappa shape index (κ3) is 7.03. The van der Waals surface area contributed by atoms with Gasteiger partial charge in [0, 0.05) is 14.2 Å². The summed E-state index contributed by atoms with van der Waals surface area (Å²) in [4.78, 5) is 42.3. The number of carbonyl (C=O) groups excluding carboxylic acids is 2. The molecule has 2 aromatic carbocycles. The molecular weight excluding hydrogens is 438 g/mol. The molecule has 0 heterocycles. The summed E-state index contributed by atoms with van der Waals surface area (Å²) in [5.74, 6) is -2.07. The van der Waals surface area contributed by atoms with Crippen LogP contribution in [0.2, 0.25) is 0 Å². The van der Waals surface area contributed by atoms with E-state index in [0.717, 1.165) is 14.2 Å². The van der Waals surface area contributed by atoms with Crippen molar-refractivity contribution in [3.05, 3.63) is 70.8 Å². The normalized spacial score (nSPS) is 15.2. The molecule has 30 heavy (non-hydrogen) atoms. The molecule has 12 heteroatoms. The molecule has 2 aromatic rings. The van der Waals surface area contributed by atoms with Crippen molar-refractivity contribution in [3.8, 4) is 0 Å². The van der Waals surface area contributed by atoms with Crippen molar-refractivity contribution in [2.45, 2.75) is 0 Å². The predicted octanol–water partition coefficient (Wildman–Crippen LogP) is 3.66. The van der Waals surface area contributed by atoms with Gasteiger partial charge in [-0.1, -0.05) is 36.4 Å². The first-order valence-corrected chi connectivity index (χ1v) is 11.2. The van der Waals surface area contributed by atoms with Crippen LogP contribution in [0.3, 0.4) is 0 Å². The molecule has 0 spiro atoms. The molecule has 2 unspecified atom stereocenters. The Morgan fingerprint density at radius 2 is 1.13 bits per heavy atom. The average Bonchev–Trinajstić information content (AvgIpc) is 2.72. The Labute approximate surface area is 171 Å². The molecule has 160 valence electrons. The van der Waals surface area contributed by atoms with Gasteiger partial charge in [-0.15, -0.1) is 0 Å². The summed E-state index contributed by atoms with van der Waals surface area (Å²) in [6.07, 6.45) is 3.23. The van der Waals surface area contributed by atoms with Gasteiger partial charge in [0.15, 0.2) is 0 Å². The quantitative estimate of drug-likeness (QED) is 0.446. The summed E-state index contributed by atoms with van der Waals surface area (Å²) in [7, 11) is -7.06. The maximum Gasteiger partial charge on any atom is 0.529 e. The molecule has 0 fully saturated rings. The third-order valence-corrected chi connectivity index (χ3v) is 5.29. The second kappa shape index (κ2) is 9.95. The van der Waals surface area contributed by atoms with E-state index in [9.17, 15) is 28.5 Å². The molecule has 0 radical (unpaired) electrons. The van der Waals surface area contributed by atoms with Crippen LogP contribution >= 0.6 is 15.6 Å². The predicted molar refractivity (Wildman–Crippen MR) is 106 cm³/mol. The van der Waals surface area contributed by atoms with Crippen molar-refractivity contribution in [3.63, 3.8) is 0 Å². The lowest BCUT2D eigenvalue weighted by Crippen LogP contribution is -2.04. The molecule has 2 rings (SSSR count). The van der Waals surface area contributed by atoms with E-state index < -0.39 is 27.6 Å². The minimum Gasteiger partial charge on any atom is -0.367 e. The number of phosphoric ester groups is 2. The van der Waals surface area contributed by atoms with Crippen LogP contribution in [0.4, 0.5) is 0 Å². The highest BCUT2D eigenvalue weighted by atomic mass is 31.2. The molecule has 2 N–H and O–H groups in total. The van der Waals surface area contributed by atoms with Gasteiger partial charge in [0.1, 0.15) is 0 Å². The second-order valence-electron chi connectivity index (χ2n) is 5.64. The van der Waals surface area contributed by atoms with Gasteiger partial charge in [0.05, 0.1) is 11.1 Å². The van der Waals surface area contributed by atoms with Crippen LogP contribution in [0.15, 0.2) is 48.5 Å². The fourth-order valence-corrected chi connectivity index (χ4v) is 2.90. The molecule has 0 aliphatic heterocycles. The van der Waals surface area contributed by atoms with Crippen molar-refractivity contribution in [2.75, 3.05) is 14.2 Å². The maximum atomic E-state index is 11.9. The van der Waals surface area contributed by atoms with Crippen molar-refractivity contribution >= 4 is 39.7 Å². The number of rotatable bonds is 8. The molecule has 0 amide bonds. The van der Waals surface area contributed by atoms with Crippen molar-refractivity contribution in [1.82, 2.24) is 0 Å². The van der Waals surface area contributed by atoms with E-state index in [2.05, 4.69) is 18.1 Å². The maximum absolute atomic E-state index is 11.9. The Bertz CT molecular complexity index is 979. The summed E-state index contributed by atoms with van der Waals surface area (Å²) >= 11 is 0. The topological polar surface area (TPSA) is 146 Å². The first-order valence-electron chi connectivity index (χ1n) is 8.18. The van der Waals surface area contributed by atoms with Gasteiger partial charge in [0.25, 0.3) is 0 Å². The van der Waals surface area contributed by atoms with Gasteiger partial charge in [-0.25, -0.2) is 18.7 Å². The number of carbonyl (C=O) groups is 2. The lowest BCUT2D eigenvalue weighted by molar-refractivity contribution is 0.0646. The lowest BCUT2D eigenvalue weighted by atomic mass is 10.1. The summed E-state index contributed by atoms with van der Waals surface area (Å²) in [5, 5.41) is 0. The fraction of sp³-hybridized carbons (Fsp3) is 0.111. The van der Waals surface area contributed by atoms with E-state index in [1.54, 1.807) is 36.4 Å². The molecule has 0 saturated heterocycles. The smallest absolute Gasteiger partial charge is 0.367 e. The Morgan fingerprint density at radius 1 is 0.767 bits per heavy atom. The van der Waals surface area contributed by atoms with Gasteiger partial charge in [-0.05, 0) is 35.4 Å². The van der Waals surface area contributed by atoms with E-state index in [0.29, 0.717) is 11.1 Å². The Balaban J connectivity index is 2.17. The summed E-state index contributed by atoms with van der Waals surface area (Å²) in [6.45, 7) is 0. The zero-order valence-corrected chi connectivity index (χ0v) is 17.6. The van der Waals surface area contributed by atoms with Crippen molar-refractivity contribution in [2.24, 2.45) is 0 Å². The molecule has 10 nitrogen and oxygen atoms in total. The largest absolute Gasteiger partial charge is 0.529 e. The highest BCUT2D eigenvalue weighted by molar-refractivity contribution is 7.48. The minimum atomic E-state index is -4.46. The molecule has 0 bridgehead atoms. The van der Waals surface area contributed by atoms with Crippen LogP contribution in [0.5, 0.6) is 0 Å². The summed E-state index contributed by atoms with van der Waals surface area (Å²) in [6, 6.07) is 12.1. The third-order valence-electron chi connectivity index (χ3n) is 3.57.